The quantitative estimate of drug-likeness (QED) is 0.527. The fraction of sp³-hybridized carbons (Fsp3) is 0.353. The maximum Gasteiger partial charge on any atom is 0.326 e. The van der Waals surface area contributed by atoms with E-state index in [4.69, 9.17) is 5.73 Å². The van der Waals surface area contributed by atoms with Crippen molar-refractivity contribution >= 4 is 11.6 Å². The molecule has 8 nitrogen and oxygen atoms in total. The number of hydrogen-bond acceptors (Lipinski definition) is 5. The van der Waals surface area contributed by atoms with E-state index in [2.05, 4.69) is 10.3 Å². The lowest BCUT2D eigenvalue weighted by Crippen LogP contribution is -2.43. The zero-order valence-corrected chi connectivity index (χ0v) is 14.1. The average Bonchev–Trinajstić information content (AvgIpc) is 2.62. The maximum absolute atomic E-state index is 13.4. The van der Waals surface area contributed by atoms with Crippen molar-refractivity contribution in [1.82, 2.24) is 15.3 Å². The number of aliphatic hydroxyl groups is 1. The molecule has 1 saturated carbocycles. The largest absolute Gasteiger partial charge is 0.392 e. The molecule has 10 heteroatoms. The van der Waals surface area contributed by atoms with Crippen molar-refractivity contribution < 1.29 is 18.7 Å². The molecule has 0 bridgehead atoms. The Morgan fingerprint density at radius 3 is 2.48 bits per heavy atom. The Kier molecular flexibility index (Phi) is 4.83. The van der Waals surface area contributed by atoms with E-state index >= 15 is 0 Å². The van der Waals surface area contributed by atoms with Gasteiger partial charge in [0.1, 0.15) is 11.4 Å². The van der Waals surface area contributed by atoms with Gasteiger partial charge in [0, 0.05) is 6.04 Å². The maximum atomic E-state index is 13.4. The first-order valence-corrected chi connectivity index (χ1v) is 8.30. The molecule has 3 rings (SSSR count). The molecule has 1 aliphatic rings. The zero-order chi connectivity index (χ0) is 19.8. The number of nitrogens with two attached hydrogens (primary N) is 1. The van der Waals surface area contributed by atoms with Gasteiger partial charge >= 0.3 is 5.69 Å². The van der Waals surface area contributed by atoms with E-state index < -0.39 is 40.1 Å². The molecule has 1 amide bonds. The number of carbonyl (C=O) groups is 1. The van der Waals surface area contributed by atoms with Gasteiger partial charge in [0.05, 0.1) is 5.60 Å². The molecule has 0 atom stereocenters. The molecule has 1 heterocycles. The standard InChI is InChI=1S/C17H18F2N4O4/c18-10-2-1-8(7-11(10)19)17(27)5-3-9(4-6-17)21-15(25)13-12(20)14(24)23-16(26)22-13/h1-2,7,9,27H,3-6,20H2,(H,21,25)(H2,22,23,24,26)/t9-,17-. The van der Waals surface area contributed by atoms with Crippen LogP contribution in [0.25, 0.3) is 0 Å². The van der Waals surface area contributed by atoms with Crippen LogP contribution in [0.3, 0.4) is 0 Å². The highest BCUT2D eigenvalue weighted by molar-refractivity contribution is 5.96. The molecule has 144 valence electrons. The highest BCUT2D eigenvalue weighted by Crippen LogP contribution is 2.37. The summed E-state index contributed by atoms with van der Waals surface area (Å²) in [6.45, 7) is 0. The number of nitrogens with one attached hydrogen (secondary N) is 3. The minimum atomic E-state index is -1.33. The van der Waals surface area contributed by atoms with E-state index in [0.29, 0.717) is 12.8 Å². The number of aromatic amines is 2. The van der Waals surface area contributed by atoms with E-state index in [-0.39, 0.29) is 30.1 Å². The first kappa shape index (κ1) is 18.8. The molecule has 0 aliphatic heterocycles. The van der Waals surface area contributed by atoms with Crippen molar-refractivity contribution in [2.24, 2.45) is 0 Å². The molecule has 0 saturated heterocycles. The second-order valence-corrected chi connectivity index (χ2v) is 6.61. The van der Waals surface area contributed by atoms with Crippen LogP contribution >= 0.6 is 0 Å². The van der Waals surface area contributed by atoms with Crippen LogP contribution < -0.4 is 22.3 Å². The summed E-state index contributed by atoms with van der Waals surface area (Å²) < 4.78 is 26.5. The zero-order valence-electron chi connectivity index (χ0n) is 14.1. The number of carbonyl (C=O) groups excluding carboxylic acids is 1. The molecule has 2 aromatic rings. The molecular weight excluding hydrogens is 362 g/mol. The van der Waals surface area contributed by atoms with E-state index in [0.717, 1.165) is 12.1 Å². The minimum absolute atomic E-state index is 0.213. The van der Waals surface area contributed by atoms with Gasteiger partial charge in [-0.2, -0.15) is 0 Å². The smallest absolute Gasteiger partial charge is 0.326 e. The van der Waals surface area contributed by atoms with E-state index in [1.807, 2.05) is 4.98 Å². The highest BCUT2D eigenvalue weighted by Gasteiger charge is 2.36. The number of H-pyrrole nitrogens is 2. The summed E-state index contributed by atoms with van der Waals surface area (Å²) in [5, 5.41) is 13.4. The second kappa shape index (κ2) is 6.95. The lowest BCUT2D eigenvalue weighted by atomic mass is 9.77. The third-order valence-electron chi connectivity index (χ3n) is 4.81. The van der Waals surface area contributed by atoms with Gasteiger partial charge in [-0.3, -0.25) is 14.6 Å². The van der Waals surface area contributed by atoms with Crippen LogP contribution in [0.5, 0.6) is 0 Å². The molecule has 1 aliphatic carbocycles. The Morgan fingerprint density at radius 2 is 1.85 bits per heavy atom. The van der Waals surface area contributed by atoms with Gasteiger partial charge in [-0.05, 0) is 43.4 Å². The van der Waals surface area contributed by atoms with Crippen molar-refractivity contribution in [1.29, 1.82) is 0 Å². The molecule has 6 N–H and O–H groups in total. The molecule has 1 fully saturated rings. The Hall–Kier alpha value is -3.01. The minimum Gasteiger partial charge on any atom is -0.392 e. The van der Waals surface area contributed by atoms with Crippen molar-refractivity contribution in [3.8, 4) is 0 Å². The Labute approximate surface area is 151 Å². The third kappa shape index (κ3) is 3.75. The number of benzene rings is 1. The van der Waals surface area contributed by atoms with Crippen LogP contribution in [-0.2, 0) is 5.60 Å². The predicted octanol–water partition coefficient (Wildman–Crippen LogP) is 0.484. The summed E-state index contributed by atoms with van der Waals surface area (Å²) in [6, 6.07) is 2.92. The van der Waals surface area contributed by atoms with Gasteiger partial charge < -0.3 is 21.1 Å². The lowest BCUT2D eigenvalue weighted by Gasteiger charge is -2.36. The van der Waals surface area contributed by atoms with Crippen LogP contribution in [-0.4, -0.2) is 27.0 Å². The van der Waals surface area contributed by atoms with Gasteiger partial charge in [0.15, 0.2) is 11.6 Å². The first-order valence-electron chi connectivity index (χ1n) is 8.30. The Bertz CT molecular complexity index is 993. The van der Waals surface area contributed by atoms with E-state index in [1.54, 1.807) is 0 Å². The van der Waals surface area contributed by atoms with Crippen molar-refractivity contribution in [3.63, 3.8) is 0 Å². The van der Waals surface area contributed by atoms with Crippen LogP contribution in [0.2, 0.25) is 0 Å². The lowest BCUT2D eigenvalue weighted by molar-refractivity contribution is -0.00837. The van der Waals surface area contributed by atoms with Gasteiger partial charge in [-0.15, -0.1) is 0 Å². The van der Waals surface area contributed by atoms with Gasteiger partial charge in [0.2, 0.25) is 0 Å². The molecule has 0 radical (unpaired) electrons. The molecule has 0 spiro atoms. The molecule has 0 unspecified atom stereocenters. The summed E-state index contributed by atoms with van der Waals surface area (Å²) in [4.78, 5) is 39.2. The topological polar surface area (TPSA) is 141 Å². The van der Waals surface area contributed by atoms with Crippen molar-refractivity contribution in [3.05, 3.63) is 61.9 Å². The predicted molar refractivity (Wildman–Crippen MR) is 92.1 cm³/mol. The SMILES string of the molecule is Nc1c(C(=O)N[C@H]2CC[C@@](O)(c3ccc(F)c(F)c3)CC2)[nH]c(=O)[nH]c1=O. The number of rotatable bonds is 3. The molecule has 1 aromatic heterocycles. The van der Waals surface area contributed by atoms with Gasteiger partial charge in [0.25, 0.3) is 11.5 Å². The molecule has 27 heavy (non-hydrogen) atoms. The number of anilines is 1. The average molecular weight is 380 g/mol. The number of hydrogen-bond donors (Lipinski definition) is 5. The first-order chi connectivity index (χ1) is 12.7. The summed E-state index contributed by atoms with van der Waals surface area (Å²) in [7, 11) is 0. The Balaban J connectivity index is 1.69. The Morgan fingerprint density at radius 1 is 1.19 bits per heavy atom. The fourth-order valence-electron chi connectivity index (χ4n) is 3.25. The summed E-state index contributed by atoms with van der Waals surface area (Å²) in [6.07, 6.45) is 1.14. The van der Waals surface area contributed by atoms with Gasteiger partial charge in [-0.1, -0.05) is 6.07 Å². The summed E-state index contributed by atoms with van der Waals surface area (Å²) >= 11 is 0. The normalized spacial score (nSPS) is 22.4. The van der Waals surface area contributed by atoms with Crippen LogP contribution in [0.4, 0.5) is 14.5 Å². The second-order valence-electron chi connectivity index (χ2n) is 6.61. The number of amides is 1. The molecular formula is C17H18F2N4O4. The highest BCUT2D eigenvalue weighted by atomic mass is 19.2. The monoisotopic (exact) mass is 380 g/mol. The van der Waals surface area contributed by atoms with Crippen LogP contribution in [0, 0.1) is 11.6 Å². The van der Waals surface area contributed by atoms with Crippen molar-refractivity contribution in [2.75, 3.05) is 5.73 Å². The third-order valence-corrected chi connectivity index (χ3v) is 4.81. The fourth-order valence-corrected chi connectivity index (χ4v) is 3.25. The number of halogens is 2. The number of aromatic nitrogens is 2. The summed E-state index contributed by atoms with van der Waals surface area (Å²) in [5.41, 5.74) is 2.03. The van der Waals surface area contributed by atoms with Gasteiger partial charge in [-0.25, -0.2) is 13.6 Å². The van der Waals surface area contributed by atoms with Crippen LogP contribution in [0.15, 0.2) is 27.8 Å². The van der Waals surface area contributed by atoms with E-state index in [1.165, 1.54) is 6.07 Å². The van der Waals surface area contributed by atoms with Crippen molar-refractivity contribution in [2.45, 2.75) is 37.3 Å². The molecule has 1 aromatic carbocycles. The number of nitrogen functional groups attached to an aromatic ring is 1. The van der Waals surface area contributed by atoms with E-state index in [9.17, 15) is 28.3 Å². The summed E-state index contributed by atoms with van der Waals surface area (Å²) in [5.74, 6) is -2.74. The van der Waals surface area contributed by atoms with Crippen LogP contribution in [0.1, 0.15) is 41.7 Å².